The molecule has 2 aromatic carbocycles. The molecule has 5 rings (SSSR count). The van der Waals surface area contributed by atoms with Gasteiger partial charge in [0, 0.05) is 35.5 Å². The summed E-state index contributed by atoms with van der Waals surface area (Å²) in [6.07, 6.45) is 4.31. The molecule has 6 nitrogen and oxygen atoms in total. The fourth-order valence-corrected chi connectivity index (χ4v) is 3.72. The number of hydrogen-bond acceptors (Lipinski definition) is 4. The van der Waals surface area contributed by atoms with Crippen molar-refractivity contribution in [3.8, 4) is 17.1 Å². The zero-order valence-electron chi connectivity index (χ0n) is 16.0. The lowest BCUT2D eigenvalue weighted by molar-refractivity contribution is 0.0925. The Hall–Kier alpha value is -3.67. The highest BCUT2D eigenvalue weighted by atomic mass is 16.5. The second kappa shape index (κ2) is 7.05. The Bertz CT molecular complexity index is 1210. The largest absolute Gasteiger partial charge is 0.493 e. The first-order valence-electron chi connectivity index (χ1n) is 9.62. The zero-order valence-corrected chi connectivity index (χ0v) is 16.0. The monoisotopic (exact) mass is 384 g/mol. The smallest absolute Gasteiger partial charge is 0.251 e. The van der Waals surface area contributed by atoms with E-state index in [1.54, 1.807) is 12.4 Å². The molecule has 144 valence electrons. The van der Waals surface area contributed by atoms with Gasteiger partial charge in [-0.05, 0) is 42.8 Å². The molecule has 1 atom stereocenters. The van der Waals surface area contributed by atoms with Gasteiger partial charge < -0.3 is 15.0 Å². The lowest BCUT2D eigenvalue weighted by Crippen LogP contribution is -2.32. The predicted molar refractivity (Wildman–Crippen MR) is 111 cm³/mol. The third kappa shape index (κ3) is 3.23. The van der Waals surface area contributed by atoms with Crippen LogP contribution >= 0.6 is 0 Å². The van der Waals surface area contributed by atoms with Gasteiger partial charge >= 0.3 is 0 Å². The van der Waals surface area contributed by atoms with Crippen molar-refractivity contribution in [2.45, 2.75) is 19.4 Å². The van der Waals surface area contributed by atoms with Crippen LogP contribution in [0.25, 0.3) is 22.4 Å². The summed E-state index contributed by atoms with van der Waals surface area (Å²) in [5, 5.41) is 3.14. The van der Waals surface area contributed by atoms with Gasteiger partial charge in [-0.15, -0.1) is 0 Å². The number of para-hydroxylation sites is 1. The number of imidazole rings is 1. The summed E-state index contributed by atoms with van der Waals surface area (Å²) < 4.78 is 5.68. The number of hydrogen-bond donors (Lipinski definition) is 2. The summed E-state index contributed by atoms with van der Waals surface area (Å²) in [5.74, 6) is 1.48. The molecule has 1 amide bonds. The van der Waals surface area contributed by atoms with Crippen molar-refractivity contribution < 1.29 is 9.53 Å². The lowest BCUT2D eigenvalue weighted by Gasteiger charge is -2.26. The van der Waals surface area contributed by atoms with Crippen molar-refractivity contribution >= 4 is 16.9 Å². The summed E-state index contributed by atoms with van der Waals surface area (Å²) in [4.78, 5) is 25.1. The Kier molecular flexibility index (Phi) is 4.24. The van der Waals surface area contributed by atoms with Gasteiger partial charge in [0.2, 0.25) is 0 Å². The molecular formula is C23H20N4O2. The zero-order chi connectivity index (χ0) is 19.8. The Morgan fingerprint density at radius 2 is 2.10 bits per heavy atom. The van der Waals surface area contributed by atoms with Gasteiger partial charge in [-0.2, -0.15) is 0 Å². The van der Waals surface area contributed by atoms with E-state index in [2.05, 4.69) is 20.3 Å². The molecule has 3 heterocycles. The van der Waals surface area contributed by atoms with Crippen LogP contribution < -0.4 is 10.1 Å². The molecule has 0 radical (unpaired) electrons. The van der Waals surface area contributed by atoms with Crippen molar-refractivity contribution in [3.05, 3.63) is 77.6 Å². The van der Waals surface area contributed by atoms with Crippen LogP contribution in [0.15, 0.2) is 60.9 Å². The Labute approximate surface area is 168 Å². The number of nitrogens with one attached hydrogen (secondary N) is 2. The number of aryl methyl sites for hydroxylation is 1. The highest BCUT2D eigenvalue weighted by Gasteiger charge is 2.23. The lowest BCUT2D eigenvalue weighted by atomic mass is 10.00. The standard InChI is InChI=1S/C23H20N4O2/c1-14-8-10-24-13-17(14)22-25-19-7-6-15(12-20(19)26-22)23(28)27-18-9-11-29-21-5-3-2-4-16(18)21/h2-8,10,12-13,18H,9,11H2,1H3,(H,25,26)(H,27,28)/t18-/m0/s1. The SMILES string of the molecule is Cc1ccncc1-c1nc2ccc(C(=O)N[C@H]3CCOc4ccccc43)cc2[nH]1. The first-order valence-corrected chi connectivity index (χ1v) is 9.62. The van der Waals surface area contributed by atoms with Crippen molar-refractivity contribution in [3.63, 3.8) is 0 Å². The summed E-state index contributed by atoms with van der Waals surface area (Å²) in [6, 6.07) is 15.3. The Morgan fingerprint density at radius 1 is 1.21 bits per heavy atom. The molecule has 29 heavy (non-hydrogen) atoms. The minimum absolute atomic E-state index is 0.0569. The number of pyridine rings is 1. The number of amides is 1. The number of rotatable bonds is 3. The number of fused-ring (bicyclic) bond motifs is 2. The van der Waals surface area contributed by atoms with E-state index >= 15 is 0 Å². The molecule has 0 saturated carbocycles. The van der Waals surface area contributed by atoms with Crippen LogP contribution in [0.2, 0.25) is 0 Å². The maximum atomic E-state index is 12.9. The minimum atomic E-state index is -0.109. The molecule has 0 aliphatic carbocycles. The second-order valence-corrected chi connectivity index (χ2v) is 7.21. The number of ether oxygens (including phenoxy) is 1. The van der Waals surface area contributed by atoms with Crippen molar-refractivity contribution in [2.75, 3.05) is 6.61 Å². The van der Waals surface area contributed by atoms with E-state index in [-0.39, 0.29) is 11.9 Å². The van der Waals surface area contributed by atoms with Gasteiger partial charge in [-0.3, -0.25) is 9.78 Å². The first-order chi connectivity index (χ1) is 14.2. The van der Waals surface area contributed by atoms with Crippen LogP contribution in [0.5, 0.6) is 5.75 Å². The van der Waals surface area contributed by atoms with Crippen LogP contribution in [0, 0.1) is 6.92 Å². The topological polar surface area (TPSA) is 79.9 Å². The average molecular weight is 384 g/mol. The van der Waals surface area contributed by atoms with Gasteiger partial charge in [0.05, 0.1) is 23.7 Å². The molecule has 2 aromatic heterocycles. The van der Waals surface area contributed by atoms with Crippen molar-refractivity contribution in [2.24, 2.45) is 0 Å². The quantitative estimate of drug-likeness (QED) is 0.555. The summed E-state index contributed by atoms with van der Waals surface area (Å²) >= 11 is 0. The number of aromatic nitrogens is 3. The van der Waals surface area contributed by atoms with E-state index in [9.17, 15) is 4.79 Å². The molecule has 4 aromatic rings. The number of H-pyrrole nitrogens is 1. The van der Waals surface area contributed by atoms with Gasteiger partial charge in [0.1, 0.15) is 11.6 Å². The predicted octanol–water partition coefficient (Wildman–Crippen LogP) is 4.19. The molecule has 0 spiro atoms. The molecule has 2 N–H and O–H groups in total. The maximum Gasteiger partial charge on any atom is 0.251 e. The fraction of sp³-hybridized carbons (Fsp3) is 0.174. The van der Waals surface area contributed by atoms with Gasteiger partial charge in [0.15, 0.2) is 0 Å². The van der Waals surface area contributed by atoms with Crippen molar-refractivity contribution in [1.82, 2.24) is 20.3 Å². The van der Waals surface area contributed by atoms with Crippen molar-refractivity contribution in [1.29, 1.82) is 0 Å². The summed E-state index contributed by atoms with van der Waals surface area (Å²) in [7, 11) is 0. The Morgan fingerprint density at radius 3 is 3.00 bits per heavy atom. The molecule has 0 bridgehead atoms. The molecule has 1 aliphatic rings. The first kappa shape index (κ1) is 17.4. The van der Waals surface area contributed by atoms with Crippen LogP contribution in [-0.2, 0) is 0 Å². The number of nitrogens with zero attached hydrogens (tertiary/aromatic N) is 2. The van der Waals surface area contributed by atoms with Gasteiger partial charge in [0.25, 0.3) is 5.91 Å². The molecular weight excluding hydrogens is 364 g/mol. The highest BCUT2D eigenvalue weighted by Crippen LogP contribution is 2.32. The summed E-state index contributed by atoms with van der Waals surface area (Å²) in [6.45, 7) is 2.62. The van der Waals surface area contributed by atoms with Crippen LogP contribution in [0.4, 0.5) is 0 Å². The molecule has 6 heteroatoms. The molecule has 0 fully saturated rings. The maximum absolute atomic E-state index is 12.9. The highest BCUT2D eigenvalue weighted by molar-refractivity contribution is 5.98. The van der Waals surface area contributed by atoms with E-state index in [0.29, 0.717) is 12.2 Å². The van der Waals surface area contributed by atoms with Gasteiger partial charge in [-0.1, -0.05) is 18.2 Å². The third-order valence-electron chi connectivity index (χ3n) is 5.30. The molecule has 0 unspecified atom stereocenters. The third-order valence-corrected chi connectivity index (χ3v) is 5.30. The van der Waals surface area contributed by atoms with Crippen LogP contribution in [0.1, 0.15) is 33.9 Å². The fourth-order valence-electron chi connectivity index (χ4n) is 3.72. The van der Waals surface area contributed by atoms with E-state index in [1.165, 1.54) is 0 Å². The number of aromatic amines is 1. The Balaban J connectivity index is 1.42. The van der Waals surface area contributed by atoms with E-state index in [4.69, 9.17) is 4.74 Å². The second-order valence-electron chi connectivity index (χ2n) is 7.21. The van der Waals surface area contributed by atoms with Gasteiger partial charge in [-0.25, -0.2) is 4.98 Å². The molecule has 1 aliphatic heterocycles. The number of benzene rings is 2. The van der Waals surface area contributed by atoms with E-state index in [1.807, 2.05) is 55.5 Å². The normalized spacial score (nSPS) is 15.6. The van der Waals surface area contributed by atoms with E-state index in [0.717, 1.165) is 45.7 Å². The number of carbonyl (C=O) groups excluding carboxylic acids is 1. The minimum Gasteiger partial charge on any atom is -0.493 e. The number of carbonyl (C=O) groups is 1. The van der Waals surface area contributed by atoms with E-state index < -0.39 is 0 Å². The van der Waals surface area contributed by atoms with Crippen LogP contribution in [-0.4, -0.2) is 27.5 Å². The average Bonchev–Trinajstić information content (AvgIpc) is 3.17. The summed E-state index contributed by atoms with van der Waals surface area (Å²) in [5.41, 5.74) is 5.30. The van der Waals surface area contributed by atoms with Crippen LogP contribution in [0.3, 0.4) is 0 Å². The molecule has 0 saturated heterocycles.